The maximum Gasteiger partial charge on any atom is -1.00 e. The molecular formula is C8H11Cl2Ti. The minimum absolute atomic E-state index is 0. The predicted octanol–water partition coefficient (Wildman–Crippen LogP) is -3.44. The molecule has 0 bridgehead atoms. The largest absolute Gasteiger partial charge is 1.00 e. The van der Waals surface area contributed by atoms with Gasteiger partial charge in [0.1, 0.15) is 0 Å². The minimum atomic E-state index is 0. The fourth-order valence-corrected chi connectivity index (χ4v) is 1.62. The predicted molar refractivity (Wildman–Crippen MR) is 35.7 cm³/mol. The molecule has 0 aromatic rings. The van der Waals surface area contributed by atoms with Crippen LogP contribution < -0.4 is 24.8 Å². The van der Waals surface area contributed by atoms with Gasteiger partial charge in [-0.25, -0.2) is 0 Å². The first kappa shape index (κ1) is 14.3. The van der Waals surface area contributed by atoms with Crippen LogP contribution in [0.25, 0.3) is 0 Å². The van der Waals surface area contributed by atoms with Gasteiger partial charge in [-0.1, -0.05) is 0 Å². The number of allylic oxidation sites excluding steroid dienone is 4. The summed E-state index contributed by atoms with van der Waals surface area (Å²) in [5.41, 5.74) is 4.60. The Morgan fingerprint density at radius 2 is 1.45 bits per heavy atom. The van der Waals surface area contributed by atoms with Gasteiger partial charge in [-0.2, -0.15) is 0 Å². The van der Waals surface area contributed by atoms with Gasteiger partial charge in [0.25, 0.3) is 0 Å². The molecule has 0 aliphatic heterocycles. The SMILES string of the molecule is CC1=C(C)[C]([Ti+2])=C(C)C1.[Cl-].[Cl-]. The molecule has 61 valence electrons. The average Bonchev–Trinajstić information content (AvgIpc) is 1.98. The number of hydrogen-bond acceptors (Lipinski definition) is 0. The van der Waals surface area contributed by atoms with Crippen LogP contribution >= 0.6 is 0 Å². The van der Waals surface area contributed by atoms with Crippen molar-refractivity contribution in [2.45, 2.75) is 27.2 Å². The Hall–Kier alpha value is 0.774. The van der Waals surface area contributed by atoms with Gasteiger partial charge >= 0.3 is 68.2 Å². The van der Waals surface area contributed by atoms with Crippen molar-refractivity contribution in [3.63, 3.8) is 0 Å². The van der Waals surface area contributed by atoms with Gasteiger partial charge in [-0.3, -0.25) is 0 Å². The summed E-state index contributed by atoms with van der Waals surface area (Å²) in [6.07, 6.45) is 1.21. The number of halogens is 2. The fourth-order valence-electron chi connectivity index (χ4n) is 1.15. The molecule has 0 N–H and O–H groups in total. The smallest absolute Gasteiger partial charge is 1.00 e. The van der Waals surface area contributed by atoms with Crippen LogP contribution in [-0.4, -0.2) is 0 Å². The molecule has 0 saturated heterocycles. The summed E-state index contributed by atoms with van der Waals surface area (Å²) in [4.78, 5) is 0. The monoisotopic (exact) mass is 225 g/mol. The molecule has 0 aromatic carbocycles. The van der Waals surface area contributed by atoms with E-state index in [1.807, 2.05) is 0 Å². The summed E-state index contributed by atoms with van der Waals surface area (Å²) >= 11 is 2.21. The molecule has 1 rings (SSSR count). The second kappa shape index (κ2) is 5.43. The van der Waals surface area contributed by atoms with E-state index in [9.17, 15) is 0 Å². The third-order valence-electron chi connectivity index (χ3n) is 1.97. The Bertz CT molecular complexity index is 182. The molecule has 0 unspecified atom stereocenters. The van der Waals surface area contributed by atoms with E-state index in [1.54, 1.807) is 11.1 Å². The standard InChI is InChI=1S/C8H11.2ClH.Ti/c1-6-4-7(2)8(3)5-6;;;/h4H2,1-3H3;2*1H;/q;;;+2/p-2. The molecule has 0 heterocycles. The van der Waals surface area contributed by atoms with Crippen LogP contribution in [0.5, 0.6) is 0 Å². The van der Waals surface area contributed by atoms with Crippen molar-refractivity contribution < 1.29 is 45.2 Å². The van der Waals surface area contributed by atoms with E-state index in [1.165, 1.54) is 15.9 Å². The topological polar surface area (TPSA) is 0 Å². The Morgan fingerprint density at radius 1 is 1.00 bits per heavy atom. The van der Waals surface area contributed by atoms with Gasteiger partial charge in [-0.05, 0) is 0 Å². The molecular weight excluding hydrogens is 215 g/mol. The first-order chi connectivity index (χ1) is 4.13. The van der Waals surface area contributed by atoms with E-state index in [4.69, 9.17) is 0 Å². The summed E-state index contributed by atoms with van der Waals surface area (Å²) in [7, 11) is 0. The molecule has 0 saturated carbocycles. The van der Waals surface area contributed by atoms with Crippen molar-refractivity contribution in [2.24, 2.45) is 0 Å². The van der Waals surface area contributed by atoms with E-state index in [0.29, 0.717) is 0 Å². The van der Waals surface area contributed by atoms with E-state index in [2.05, 4.69) is 41.2 Å². The van der Waals surface area contributed by atoms with Crippen molar-refractivity contribution in [3.8, 4) is 0 Å². The second-order valence-electron chi connectivity index (χ2n) is 2.74. The van der Waals surface area contributed by atoms with Crippen LogP contribution in [0, 0.1) is 0 Å². The Kier molecular flexibility index (Phi) is 7.06. The molecule has 0 spiro atoms. The van der Waals surface area contributed by atoms with E-state index in [0.717, 1.165) is 0 Å². The summed E-state index contributed by atoms with van der Waals surface area (Å²) in [6.45, 7) is 6.64. The van der Waals surface area contributed by atoms with Gasteiger partial charge in [-0.15, -0.1) is 0 Å². The van der Waals surface area contributed by atoms with Gasteiger partial charge in [0.15, 0.2) is 0 Å². The number of hydrogen-bond donors (Lipinski definition) is 0. The molecule has 1 aliphatic carbocycles. The molecule has 0 amide bonds. The Balaban J connectivity index is 0. The van der Waals surface area contributed by atoms with Crippen molar-refractivity contribution in [1.82, 2.24) is 0 Å². The van der Waals surface area contributed by atoms with Crippen molar-refractivity contribution >= 4 is 0 Å². The average molecular weight is 226 g/mol. The van der Waals surface area contributed by atoms with Crippen molar-refractivity contribution in [1.29, 1.82) is 0 Å². The van der Waals surface area contributed by atoms with E-state index >= 15 is 0 Å². The van der Waals surface area contributed by atoms with Gasteiger partial charge in [0.05, 0.1) is 0 Å². The molecule has 0 fully saturated rings. The maximum absolute atomic E-state index is 2.22. The van der Waals surface area contributed by atoms with Gasteiger partial charge in [0.2, 0.25) is 0 Å². The Labute approximate surface area is 92.7 Å². The summed E-state index contributed by atoms with van der Waals surface area (Å²) in [5.74, 6) is 0. The van der Waals surface area contributed by atoms with Crippen LogP contribution in [0.3, 0.4) is 0 Å². The third kappa shape index (κ3) is 2.95. The fraction of sp³-hybridized carbons (Fsp3) is 0.500. The van der Waals surface area contributed by atoms with Gasteiger partial charge in [0, 0.05) is 0 Å². The number of rotatable bonds is 0. The minimum Gasteiger partial charge on any atom is -1.00 e. The summed E-state index contributed by atoms with van der Waals surface area (Å²) < 4.78 is 1.51. The molecule has 0 aromatic heterocycles. The van der Waals surface area contributed by atoms with E-state index < -0.39 is 0 Å². The van der Waals surface area contributed by atoms with E-state index in [-0.39, 0.29) is 24.8 Å². The Morgan fingerprint density at radius 3 is 1.55 bits per heavy atom. The van der Waals surface area contributed by atoms with Crippen LogP contribution in [0.2, 0.25) is 0 Å². The second-order valence-corrected chi connectivity index (χ2v) is 3.52. The third-order valence-corrected chi connectivity index (χ3v) is 3.22. The first-order valence-electron chi connectivity index (χ1n) is 3.21. The van der Waals surface area contributed by atoms with Crippen LogP contribution in [0.15, 0.2) is 20.6 Å². The zero-order valence-corrected chi connectivity index (χ0v) is 10.0. The van der Waals surface area contributed by atoms with Gasteiger partial charge < -0.3 is 24.8 Å². The molecule has 0 radical (unpaired) electrons. The van der Waals surface area contributed by atoms with Crippen LogP contribution in [-0.2, 0) is 20.4 Å². The van der Waals surface area contributed by atoms with Crippen LogP contribution in [0.1, 0.15) is 27.2 Å². The summed E-state index contributed by atoms with van der Waals surface area (Å²) in [6, 6.07) is 0. The molecule has 1 aliphatic rings. The quantitative estimate of drug-likeness (QED) is 0.377. The molecule has 3 heteroatoms. The maximum atomic E-state index is 2.22. The van der Waals surface area contributed by atoms with Crippen LogP contribution in [0.4, 0.5) is 0 Å². The first-order valence-corrected chi connectivity index (χ1v) is 3.99. The molecule has 0 atom stereocenters. The van der Waals surface area contributed by atoms with Crippen molar-refractivity contribution in [2.75, 3.05) is 0 Å². The normalized spacial score (nSPS) is 16.5. The molecule has 11 heavy (non-hydrogen) atoms. The zero-order chi connectivity index (χ0) is 7.02. The zero-order valence-electron chi connectivity index (χ0n) is 6.96. The molecule has 0 nitrogen and oxygen atoms in total. The summed E-state index contributed by atoms with van der Waals surface area (Å²) in [5, 5.41) is 0. The van der Waals surface area contributed by atoms with Crippen molar-refractivity contribution in [3.05, 3.63) is 20.6 Å².